The van der Waals surface area contributed by atoms with Crippen LogP contribution < -0.4 is 11.3 Å². The molecule has 1 aromatic heterocycles. The largest absolute Gasteiger partial charge is 0.395 e. The monoisotopic (exact) mass is 250 g/mol. The number of carbonyl (C=O) groups is 1. The van der Waals surface area contributed by atoms with Crippen molar-refractivity contribution in [2.24, 2.45) is 5.84 Å². The molecule has 0 bridgehead atoms. The third-order valence-corrected chi connectivity index (χ3v) is 3.03. The van der Waals surface area contributed by atoms with Gasteiger partial charge in [0.2, 0.25) is 0 Å². The molecule has 6 nitrogen and oxygen atoms in total. The topological polar surface area (TPSA) is 91.5 Å². The van der Waals surface area contributed by atoms with E-state index in [1.54, 1.807) is 6.07 Å². The maximum absolute atomic E-state index is 11.2. The summed E-state index contributed by atoms with van der Waals surface area (Å²) in [7, 11) is 0. The average Bonchev–Trinajstić information content (AvgIpc) is 3.22. The SMILES string of the molecule is NNC(=O)c1ccc(CN(CCO)C2CC2)nc1. The van der Waals surface area contributed by atoms with Crippen molar-refractivity contribution in [3.63, 3.8) is 0 Å². The summed E-state index contributed by atoms with van der Waals surface area (Å²) in [5, 5.41) is 9.01. The van der Waals surface area contributed by atoms with Crippen LogP contribution in [0, 0.1) is 0 Å². The van der Waals surface area contributed by atoms with Gasteiger partial charge in [0, 0.05) is 25.3 Å². The van der Waals surface area contributed by atoms with Crippen LogP contribution in [0.2, 0.25) is 0 Å². The molecule has 0 aliphatic heterocycles. The summed E-state index contributed by atoms with van der Waals surface area (Å²) < 4.78 is 0. The third-order valence-electron chi connectivity index (χ3n) is 3.03. The van der Waals surface area contributed by atoms with Gasteiger partial charge in [-0.05, 0) is 25.0 Å². The molecule has 0 radical (unpaired) electrons. The number of rotatable bonds is 6. The van der Waals surface area contributed by atoms with Crippen molar-refractivity contribution in [3.8, 4) is 0 Å². The number of nitrogens with two attached hydrogens (primary N) is 1. The van der Waals surface area contributed by atoms with Gasteiger partial charge < -0.3 is 5.11 Å². The Morgan fingerprint density at radius 3 is 2.83 bits per heavy atom. The number of hydrogen-bond donors (Lipinski definition) is 3. The lowest BCUT2D eigenvalue weighted by molar-refractivity contribution is 0.0953. The third kappa shape index (κ3) is 3.25. The second kappa shape index (κ2) is 5.90. The van der Waals surface area contributed by atoms with E-state index in [1.807, 2.05) is 6.07 Å². The Balaban J connectivity index is 1.98. The molecule has 1 saturated carbocycles. The molecule has 4 N–H and O–H groups in total. The van der Waals surface area contributed by atoms with Crippen LogP contribution in [-0.4, -0.2) is 40.1 Å². The van der Waals surface area contributed by atoms with Crippen LogP contribution in [0.4, 0.5) is 0 Å². The van der Waals surface area contributed by atoms with Gasteiger partial charge in [0.05, 0.1) is 17.9 Å². The van der Waals surface area contributed by atoms with E-state index >= 15 is 0 Å². The van der Waals surface area contributed by atoms with E-state index in [4.69, 9.17) is 10.9 Å². The number of pyridine rings is 1. The molecule has 98 valence electrons. The molecule has 1 aliphatic carbocycles. The van der Waals surface area contributed by atoms with Gasteiger partial charge in [-0.3, -0.25) is 20.1 Å². The van der Waals surface area contributed by atoms with Gasteiger partial charge in [-0.1, -0.05) is 0 Å². The molecule has 1 aromatic rings. The second-order valence-electron chi connectivity index (χ2n) is 4.44. The van der Waals surface area contributed by atoms with Crippen molar-refractivity contribution < 1.29 is 9.90 Å². The van der Waals surface area contributed by atoms with Gasteiger partial charge in [0.15, 0.2) is 0 Å². The average molecular weight is 250 g/mol. The highest BCUT2D eigenvalue weighted by Crippen LogP contribution is 2.27. The van der Waals surface area contributed by atoms with Crippen molar-refractivity contribution in [2.45, 2.75) is 25.4 Å². The Morgan fingerprint density at radius 1 is 1.56 bits per heavy atom. The number of nitrogens with one attached hydrogen (secondary N) is 1. The molecular formula is C12H18N4O2. The van der Waals surface area contributed by atoms with Gasteiger partial charge >= 0.3 is 0 Å². The quantitative estimate of drug-likeness (QED) is 0.364. The summed E-state index contributed by atoms with van der Waals surface area (Å²) >= 11 is 0. The Morgan fingerprint density at radius 2 is 2.33 bits per heavy atom. The number of nitrogen functional groups attached to an aromatic ring is 1. The first kappa shape index (κ1) is 12.9. The van der Waals surface area contributed by atoms with Crippen molar-refractivity contribution in [1.82, 2.24) is 15.3 Å². The maximum Gasteiger partial charge on any atom is 0.266 e. The molecule has 0 unspecified atom stereocenters. The van der Waals surface area contributed by atoms with Crippen LogP contribution in [-0.2, 0) is 6.54 Å². The predicted molar refractivity (Wildman–Crippen MR) is 66.4 cm³/mol. The van der Waals surface area contributed by atoms with Crippen molar-refractivity contribution in [1.29, 1.82) is 0 Å². The van der Waals surface area contributed by atoms with Crippen molar-refractivity contribution in [2.75, 3.05) is 13.2 Å². The van der Waals surface area contributed by atoms with Crippen LogP contribution in [0.5, 0.6) is 0 Å². The normalized spacial score (nSPS) is 14.8. The highest BCUT2D eigenvalue weighted by Gasteiger charge is 2.28. The minimum atomic E-state index is -0.344. The van der Waals surface area contributed by atoms with Crippen LogP contribution >= 0.6 is 0 Å². The zero-order valence-corrected chi connectivity index (χ0v) is 10.2. The maximum atomic E-state index is 11.2. The van der Waals surface area contributed by atoms with Crippen molar-refractivity contribution in [3.05, 3.63) is 29.6 Å². The van der Waals surface area contributed by atoms with E-state index in [0.717, 1.165) is 5.69 Å². The zero-order valence-electron chi connectivity index (χ0n) is 10.2. The minimum Gasteiger partial charge on any atom is -0.395 e. The van der Waals surface area contributed by atoms with Crippen LogP contribution in [0.1, 0.15) is 28.9 Å². The van der Waals surface area contributed by atoms with E-state index < -0.39 is 0 Å². The predicted octanol–water partition coefficient (Wildman–Crippen LogP) is -0.358. The molecule has 1 aliphatic rings. The van der Waals surface area contributed by atoms with Gasteiger partial charge in [0.1, 0.15) is 0 Å². The standard InChI is InChI=1S/C12H18N4O2/c13-15-12(18)9-1-2-10(14-7-9)8-16(5-6-17)11-3-4-11/h1-2,7,11,17H,3-6,8,13H2,(H,15,18). The lowest BCUT2D eigenvalue weighted by Gasteiger charge is -2.20. The second-order valence-corrected chi connectivity index (χ2v) is 4.44. The van der Waals surface area contributed by atoms with E-state index in [1.165, 1.54) is 19.0 Å². The molecule has 2 rings (SSSR count). The lowest BCUT2D eigenvalue weighted by Crippen LogP contribution is -2.30. The highest BCUT2D eigenvalue weighted by atomic mass is 16.3. The Labute approximate surface area is 106 Å². The number of aromatic nitrogens is 1. The van der Waals surface area contributed by atoms with Crippen LogP contribution in [0.3, 0.4) is 0 Å². The van der Waals surface area contributed by atoms with Crippen molar-refractivity contribution >= 4 is 5.91 Å². The zero-order chi connectivity index (χ0) is 13.0. The number of aliphatic hydroxyl groups is 1. The molecule has 0 aromatic carbocycles. The molecule has 1 heterocycles. The van der Waals surface area contributed by atoms with Gasteiger partial charge in [-0.25, -0.2) is 5.84 Å². The number of hydrogen-bond acceptors (Lipinski definition) is 5. The lowest BCUT2D eigenvalue weighted by atomic mass is 10.2. The van der Waals surface area contributed by atoms with E-state index in [0.29, 0.717) is 24.7 Å². The summed E-state index contributed by atoms with van der Waals surface area (Å²) in [5.74, 6) is 4.70. The smallest absolute Gasteiger partial charge is 0.266 e. The molecule has 0 saturated heterocycles. The molecule has 1 amide bonds. The number of nitrogens with zero attached hydrogens (tertiary/aromatic N) is 2. The van der Waals surface area contributed by atoms with E-state index in [9.17, 15) is 4.79 Å². The Bertz CT molecular complexity index is 403. The van der Waals surface area contributed by atoms with Crippen LogP contribution in [0.15, 0.2) is 18.3 Å². The Kier molecular flexibility index (Phi) is 4.24. The van der Waals surface area contributed by atoms with E-state index in [2.05, 4.69) is 15.3 Å². The molecule has 1 fully saturated rings. The fraction of sp³-hybridized carbons (Fsp3) is 0.500. The number of amides is 1. The van der Waals surface area contributed by atoms with Gasteiger partial charge in [0.25, 0.3) is 5.91 Å². The summed E-state index contributed by atoms with van der Waals surface area (Å²) in [6.07, 6.45) is 3.89. The van der Waals surface area contributed by atoms with Gasteiger partial charge in [-0.15, -0.1) is 0 Å². The number of hydrazine groups is 1. The first-order valence-corrected chi connectivity index (χ1v) is 6.05. The minimum absolute atomic E-state index is 0.157. The molecule has 0 atom stereocenters. The molecule has 18 heavy (non-hydrogen) atoms. The highest BCUT2D eigenvalue weighted by molar-refractivity contribution is 5.93. The molecule has 0 spiro atoms. The molecular weight excluding hydrogens is 232 g/mol. The summed E-state index contributed by atoms with van der Waals surface area (Å²) in [5.41, 5.74) is 3.41. The van der Waals surface area contributed by atoms with E-state index in [-0.39, 0.29) is 12.5 Å². The Hall–Kier alpha value is -1.50. The fourth-order valence-corrected chi connectivity index (χ4v) is 1.90. The van der Waals surface area contributed by atoms with Crippen LogP contribution in [0.25, 0.3) is 0 Å². The fourth-order valence-electron chi connectivity index (χ4n) is 1.90. The number of carbonyl (C=O) groups excluding carboxylic acids is 1. The first-order valence-electron chi connectivity index (χ1n) is 6.05. The molecule has 6 heteroatoms. The summed E-state index contributed by atoms with van der Waals surface area (Å²) in [6, 6.07) is 4.09. The van der Waals surface area contributed by atoms with Gasteiger partial charge in [-0.2, -0.15) is 0 Å². The summed E-state index contributed by atoms with van der Waals surface area (Å²) in [4.78, 5) is 17.7. The number of aliphatic hydroxyl groups excluding tert-OH is 1. The summed E-state index contributed by atoms with van der Waals surface area (Å²) in [6.45, 7) is 1.53. The first-order chi connectivity index (χ1) is 8.74.